The number of carbonyl (C=O) groups excluding carboxylic acids is 1. The first-order chi connectivity index (χ1) is 14.0. The van der Waals surface area contributed by atoms with E-state index in [0.717, 1.165) is 19.5 Å². The van der Waals surface area contributed by atoms with Crippen LogP contribution in [0.5, 0.6) is 11.5 Å². The molecule has 2 aromatic carbocycles. The maximum atomic E-state index is 13.3. The van der Waals surface area contributed by atoms with Gasteiger partial charge in [-0.25, -0.2) is 0 Å². The number of benzene rings is 2. The molecule has 0 unspecified atom stereocenters. The molecule has 0 radical (unpaired) electrons. The zero-order chi connectivity index (χ0) is 21.0. The van der Waals surface area contributed by atoms with E-state index in [4.69, 9.17) is 9.47 Å². The number of hydrogen-bond acceptors (Lipinski definition) is 4. The van der Waals surface area contributed by atoms with Crippen molar-refractivity contribution in [2.24, 2.45) is 0 Å². The van der Waals surface area contributed by atoms with Crippen LogP contribution in [-0.4, -0.2) is 55.6 Å². The molecule has 0 N–H and O–H groups in total. The number of methoxy groups -OCH3 is 2. The first kappa shape index (κ1) is 21.7. The Morgan fingerprint density at radius 3 is 2.38 bits per heavy atom. The van der Waals surface area contributed by atoms with Crippen LogP contribution in [0.25, 0.3) is 0 Å². The molecule has 156 valence electrons. The third-order valence-electron chi connectivity index (χ3n) is 5.76. The van der Waals surface area contributed by atoms with Gasteiger partial charge in [-0.1, -0.05) is 30.3 Å². The van der Waals surface area contributed by atoms with Crippen LogP contribution < -0.4 is 9.47 Å². The van der Waals surface area contributed by atoms with Gasteiger partial charge in [-0.2, -0.15) is 0 Å². The highest BCUT2D eigenvalue weighted by Gasteiger charge is 2.33. The van der Waals surface area contributed by atoms with E-state index in [1.54, 1.807) is 26.4 Å². The van der Waals surface area contributed by atoms with Crippen LogP contribution in [-0.2, 0) is 0 Å². The van der Waals surface area contributed by atoms with E-state index in [-0.39, 0.29) is 11.9 Å². The lowest BCUT2D eigenvalue weighted by molar-refractivity contribution is 0.0688. The smallest absolute Gasteiger partial charge is 0.254 e. The zero-order valence-electron chi connectivity index (χ0n) is 17.5. The standard InChI is InChI=1S/C23H29BrN2O3/c1-5-26(23(27)18-13-20(28-3)22(24)21(14-18)29-4)19-11-12-25(15-19)16(2)17-9-7-6-8-10-17/h6-10,13-14,16,19H,5,11-12,15H2,1-4H3/t16-,19+/m1/s1. The molecular formula is C23H29BrN2O3. The van der Waals surface area contributed by atoms with Crippen molar-refractivity contribution in [3.63, 3.8) is 0 Å². The molecule has 29 heavy (non-hydrogen) atoms. The van der Waals surface area contributed by atoms with Gasteiger partial charge in [0.2, 0.25) is 0 Å². The molecule has 2 atom stereocenters. The third kappa shape index (κ3) is 4.59. The van der Waals surface area contributed by atoms with Crippen LogP contribution in [0.15, 0.2) is 46.9 Å². The van der Waals surface area contributed by atoms with E-state index in [0.29, 0.717) is 34.1 Å². The predicted octanol–water partition coefficient (Wildman–Crippen LogP) is 4.76. The summed E-state index contributed by atoms with van der Waals surface area (Å²) in [5.41, 5.74) is 1.89. The van der Waals surface area contributed by atoms with Gasteiger partial charge in [0.25, 0.3) is 5.91 Å². The molecule has 1 aliphatic rings. The number of likely N-dealkylation sites (N-methyl/N-ethyl adjacent to an activating group) is 1. The minimum Gasteiger partial charge on any atom is -0.495 e. The number of halogens is 1. The lowest BCUT2D eigenvalue weighted by Gasteiger charge is -2.30. The SMILES string of the molecule is CCN(C(=O)c1cc(OC)c(Br)c(OC)c1)[C@H]1CCN([C@H](C)c2ccccc2)C1. The highest BCUT2D eigenvalue weighted by atomic mass is 79.9. The molecule has 1 aliphatic heterocycles. The third-order valence-corrected chi connectivity index (χ3v) is 6.54. The summed E-state index contributed by atoms with van der Waals surface area (Å²) in [6.07, 6.45) is 0.974. The van der Waals surface area contributed by atoms with Crippen LogP contribution in [0.1, 0.15) is 42.2 Å². The second-order valence-corrected chi connectivity index (χ2v) is 8.10. The highest BCUT2D eigenvalue weighted by molar-refractivity contribution is 9.10. The molecule has 0 aliphatic carbocycles. The van der Waals surface area contributed by atoms with Crippen molar-refractivity contribution < 1.29 is 14.3 Å². The Bertz CT molecular complexity index is 818. The van der Waals surface area contributed by atoms with Gasteiger partial charge >= 0.3 is 0 Å². The second kappa shape index (κ2) is 9.63. The number of likely N-dealkylation sites (tertiary alicyclic amines) is 1. The Labute approximate surface area is 181 Å². The Hall–Kier alpha value is -2.05. The summed E-state index contributed by atoms with van der Waals surface area (Å²) in [5.74, 6) is 1.19. The van der Waals surface area contributed by atoms with Crippen molar-refractivity contribution in [1.29, 1.82) is 0 Å². The van der Waals surface area contributed by atoms with Crippen LogP contribution in [0.4, 0.5) is 0 Å². The maximum absolute atomic E-state index is 13.3. The van der Waals surface area contributed by atoms with Crippen molar-refractivity contribution >= 4 is 21.8 Å². The maximum Gasteiger partial charge on any atom is 0.254 e. The molecule has 0 saturated carbocycles. The van der Waals surface area contributed by atoms with E-state index in [9.17, 15) is 4.79 Å². The summed E-state index contributed by atoms with van der Waals surface area (Å²) in [5, 5.41) is 0. The Morgan fingerprint density at radius 2 is 1.83 bits per heavy atom. The van der Waals surface area contributed by atoms with E-state index < -0.39 is 0 Å². The van der Waals surface area contributed by atoms with Crippen LogP contribution in [0.3, 0.4) is 0 Å². The first-order valence-electron chi connectivity index (χ1n) is 10.0. The van der Waals surface area contributed by atoms with Gasteiger partial charge in [0.15, 0.2) is 0 Å². The minimum absolute atomic E-state index is 0.0100. The van der Waals surface area contributed by atoms with Gasteiger partial charge in [0.05, 0.1) is 14.2 Å². The van der Waals surface area contributed by atoms with Gasteiger partial charge in [-0.3, -0.25) is 9.69 Å². The fourth-order valence-corrected chi connectivity index (χ4v) is 4.60. The quantitative estimate of drug-likeness (QED) is 0.596. The molecule has 2 aromatic rings. The average Bonchev–Trinajstić information content (AvgIpc) is 3.24. The van der Waals surface area contributed by atoms with Crippen molar-refractivity contribution in [2.75, 3.05) is 33.9 Å². The normalized spacial score (nSPS) is 17.8. The first-order valence-corrected chi connectivity index (χ1v) is 10.8. The second-order valence-electron chi connectivity index (χ2n) is 7.31. The van der Waals surface area contributed by atoms with Crippen LogP contribution in [0.2, 0.25) is 0 Å². The summed E-state index contributed by atoms with van der Waals surface area (Å²) in [6.45, 7) is 6.80. The Balaban J connectivity index is 1.77. The minimum atomic E-state index is 0.0100. The van der Waals surface area contributed by atoms with Crippen LogP contribution >= 0.6 is 15.9 Å². The molecule has 0 bridgehead atoms. The largest absolute Gasteiger partial charge is 0.495 e. The van der Waals surface area contributed by atoms with E-state index in [2.05, 4.69) is 52.0 Å². The van der Waals surface area contributed by atoms with Crippen LogP contribution in [0, 0.1) is 0 Å². The van der Waals surface area contributed by atoms with Gasteiger partial charge in [0.1, 0.15) is 16.0 Å². The Kier molecular flexibility index (Phi) is 7.19. The zero-order valence-corrected chi connectivity index (χ0v) is 19.1. The van der Waals surface area contributed by atoms with Gasteiger partial charge in [0, 0.05) is 37.3 Å². The van der Waals surface area contributed by atoms with Crippen molar-refractivity contribution in [1.82, 2.24) is 9.80 Å². The van der Waals surface area contributed by atoms with Gasteiger partial charge < -0.3 is 14.4 Å². The number of rotatable bonds is 7. The fourth-order valence-electron chi connectivity index (χ4n) is 4.04. The van der Waals surface area contributed by atoms with Crippen molar-refractivity contribution in [3.8, 4) is 11.5 Å². The summed E-state index contributed by atoms with van der Waals surface area (Å²) >= 11 is 3.47. The van der Waals surface area contributed by atoms with Gasteiger partial charge in [-0.05, 0) is 53.9 Å². The molecule has 1 heterocycles. The predicted molar refractivity (Wildman–Crippen MR) is 119 cm³/mol. The number of amides is 1. The summed E-state index contributed by atoms with van der Waals surface area (Å²) < 4.78 is 11.5. The molecule has 3 rings (SSSR count). The van der Waals surface area contributed by atoms with Crippen molar-refractivity contribution in [2.45, 2.75) is 32.4 Å². The molecule has 5 nitrogen and oxygen atoms in total. The fraction of sp³-hybridized carbons (Fsp3) is 0.435. The van der Waals surface area contributed by atoms with E-state index in [1.807, 2.05) is 17.9 Å². The molecule has 6 heteroatoms. The molecule has 1 saturated heterocycles. The molecule has 1 amide bonds. The number of nitrogens with zero attached hydrogens (tertiary/aromatic N) is 2. The topological polar surface area (TPSA) is 42.0 Å². The summed E-state index contributed by atoms with van der Waals surface area (Å²) in [6, 6.07) is 14.6. The van der Waals surface area contributed by atoms with Gasteiger partial charge in [-0.15, -0.1) is 0 Å². The lowest BCUT2D eigenvalue weighted by atomic mass is 10.1. The average molecular weight is 461 g/mol. The number of hydrogen-bond donors (Lipinski definition) is 0. The Morgan fingerprint density at radius 1 is 1.21 bits per heavy atom. The molecular weight excluding hydrogens is 432 g/mol. The lowest BCUT2D eigenvalue weighted by Crippen LogP contribution is -2.42. The van der Waals surface area contributed by atoms with E-state index in [1.165, 1.54) is 5.56 Å². The number of ether oxygens (including phenoxy) is 2. The highest BCUT2D eigenvalue weighted by Crippen LogP contribution is 2.36. The van der Waals surface area contributed by atoms with Crippen molar-refractivity contribution in [3.05, 3.63) is 58.1 Å². The summed E-state index contributed by atoms with van der Waals surface area (Å²) in [7, 11) is 3.18. The molecule has 0 aromatic heterocycles. The number of carbonyl (C=O) groups is 1. The monoisotopic (exact) mass is 460 g/mol. The molecule has 0 spiro atoms. The molecule has 1 fully saturated rings. The summed E-state index contributed by atoms with van der Waals surface area (Å²) in [4.78, 5) is 17.8. The van der Waals surface area contributed by atoms with E-state index >= 15 is 0 Å².